The van der Waals surface area contributed by atoms with Crippen molar-refractivity contribution >= 4 is 58.2 Å². The molecule has 2 heterocycles. The van der Waals surface area contributed by atoms with E-state index in [0.29, 0.717) is 32.4 Å². The highest BCUT2D eigenvalue weighted by molar-refractivity contribution is 7.18. The van der Waals surface area contributed by atoms with Gasteiger partial charge in [-0.1, -0.05) is 29.8 Å². The molecule has 1 aliphatic carbocycles. The van der Waals surface area contributed by atoms with E-state index in [0.717, 1.165) is 29.1 Å². The number of carbonyl (C=O) groups excluding carboxylic acids is 3. The molecule has 0 atom stereocenters. The molecule has 0 saturated heterocycles. The minimum absolute atomic E-state index is 0.0586. The second-order valence-electron chi connectivity index (χ2n) is 9.07. The van der Waals surface area contributed by atoms with Gasteiger partial charge in [-0.3, -0.25) is 24.3 Å². The molecule has 1 saturated carbocycles. The number of amides is 3. The van der Waals surface area contributed by atoms with Crippen LogP contribution in [-0.4, -0.2) is 58.4 Å². The molecule has 0 unspecified atom stereocenters. The summed E-state index contributed by atoms with van der Waals surface area (Å²) < 4.78 is 37.9. The highest BCUT2D eigenvalue weighted by Crippen LogP contribution is 2.32. The average molecular weight is 623 g/mol. The van der Waals surface area contributed by atoms with Crippen molar-refractivity contribution in [3.8, 4) is 5.75 Å². The maximum Gasteiger partial charge on any atom is 0.490 e. The molecule has 1 fully saturated rings. The number of carboxylic acid groups (broad SMARTS) is 1. The third-order valence-corrected chi connectivity index (χ3v) is 7.04. The van der Waals surface area contributed by atoms with Gasteiger partial charge in [0.05, 0.1) is 38.6 Å². The molecule has 10 nitrogen and oxygen atoms in total. The van der Waals surface area contributed by atoms with E-state index in [1.165, 1.54) is 0 Å². The zero-order chi connectivity index (χ0) is 30.6. The number of amidine groups is 1. The van der Waals surface area contributed by atoms with Crippen LogP contribution in [0.15, 0.2) is 59.6 Å². The number of carboxylic acids is 1. The van der Waals surface area contributed by atoms with Crippen LogP contribution >= 0.6 is 22.9 Å². The van der Waals surface area contributed by atoms with Crippen molar-refractivity contribution < 1.29 is 42.2 Å². The summed E-state index contributed by atoms with van der Waals surface area (Å²) in [5.74, 6) is -3.05. The fourth-order valence-electron chi connectivity index (χ4n) is 3.75. The maximum absolute atomic E-state index is 13.2. The summed E-state index contributed by atoms with van der Waals surface area (Å²) in [6.45, 7) is 0.231. The van der Waals surface area contributed by atoms with Gasteiger partial charge >= 0.3 is 12.1 Å². The molecular formula is C27H22ClF3N4O6S. The van der Waals surface area contributed by atoms with Gasteiger partial charge in [0.2, 0.25) is 0 Å². The Morgan fingerprint density at radius 3 is 2.43 bits per heavy atom. The Morgan fingerprint density at radius 1 is 1.12 bits per heavy atom. The smallest absolute Gasteiger partial charge is 0.486 e. The zero-order valence-electron chi connectivity index (χ0n) is 21.5. The van der Waals surface area contributed by atoms with Crippen molar-refractivity contribution in [1.82, 2.24) is 4.90 Å². The van der Waals surface area contributed by atoms with Crippen molar-refractivity contribution in [2.45, 2.75) is 31.6 Å². The van der Waals surface area contributed by atoms with Crippen LogP contribution in [0.4, 0.5) is 18.9 Å². The lowest BCUT2D eigenvalue weighted by atomic mass is 10.1. The van der Waals surface area contributed by atoms with Crippen LogP contribution in [-0.2, 0) is 11.3 Å². The van der Waals surface area contributed by atoms with Gasteiger partial charge in [0.1, 0.15) is 18.2 Å². The Kier molecular flexibility index (Phi) is 9.17. The van der Waals surface area contributed by atoms with E-state index < -0.39 is 29.9 Å². The zero-order valence-corrected chi connectivity index (χ0v) is 23.1. The Bertz CT molecular complexity index is 1570. The normalized spacial score (nSPS) is 14.7. The summed E-state index contributed by atoms with van der Waals surface area (Å²) in [7, 11) is 0. The standard InChI is InChI=1S/C25H21ClN4O4S.C2HF3O2/c26-20-10-9-19(35-20)23(31)29-18-6-2-5-17-22(18)25(33)30(24(17)32)12-14-3-1-4-16(11-14)34-13-21(27)28-15-7-8-15;3-2(4,5)1(6)7/h1-6,9-11,15H,7-8,12-13H2,(H2,27,28)(H,29,31);(H,6,7). The molecule has 4 N–H and O–H groups in total. The number of anilines is 1. The van der Waals surface area contributed by atoms with E-state index >= 15 is 0 Å². The average Bonchev–Trinajstić information content (AvgIpc) is 3.58. The van der Waals surface area contributed by atoms with Crippen LogP contribution in [0.5, 0.6) is 5.75 Å². The first-order valence-corrected chi connectivity index (χ1v) is 13.4. The Morgan fingerprint density at radius 2 is 1.81 bits per heavy atom. The Balaban J connectivity index is 0.000000517. The van der Waals surface area contributed by atoms with E-state index in [4.69, 9.17) is 32.0 Å². The molecule has 0 spiro atoms. The number of nitrogens with two attached hydrogens (primary N) is 1. The van der Waals surface area contributed by atoms with Gasteiger partial charge < -0.3 is 20.9 Å². The van der Waals surface area contributed by atoms with Crippen molar-refractivity contribution in [1.29, 1.82) is 0 Å². The van der Waals surface area contributed by atoms with Gasteiger partial charge in [-0.2, -0.15) is 13.2 Å². The third-order valence-electron chi connectivity index (χ3n) is 5.81. The first-order chi connectivity index (χ1) is 19.8. The summed E-state index contributed by atoms with van der Waals surface area (Å²) >= 11 is 7.05. The van der Waals surface area contributed by atoms with E-state index in [1.54, 1.807) is 54.6 Å². The number of hydrogen-bond donors (Lipinski definition) is 3. The number of halogens is 4. The first-order valence-electron chi connectivity index (χ1n) is 12.2. The number of thiophene rings is 1. The first kappa shape index (κ1) is 30.5. The van der Waals surface area contributed by atoms with Crippen molar-refractivity contribution in [3.05, 3.63) is 80.5 Å². The number of ether oxygens (including phenoxy) is 1. The number of fused-ring (bicyclic) bond motifs is 1. The predicted molar refractivity (Wildman–Crippen MR) is 148 cm³/mol. The fourth-order valence-corrected chi connectivity index (χ4v) is 4.69. The maximum atomic E-state index is 13.2. The number of hydrogen-bond acceptors (Lipinski definition) is 7. The molecule has 5 rings (SSSR count). The highest BCUT2D eigenvalue weighted by atomic mass is 35.5. The molecule has 0 bridgehead atoms. The van der Waals surface area contributed by atoms with Gasteiger partial charge in [0.15, 0.2) is 0 Å². The van der Waals surface area contributed by atoms with E-state index in [2.05, 4.69) is 10.3 Å². The van der Waals surface area contributed by atoms with Crippen molar-refractivity contribution in [2.75, 3.05) is 11.9 Å². The van der Waals surface area contributed by atoms with Crippen LogP contribution < -0.4 is 15.8 Å². The number of imide groups is 1. The lowest BCUT2D eigenvalue weighted by Gasteiger charge is -2.15. The molecule has 2 aliphatic rings. The molecule has 3 amide bonds. The molecular weight excluding hydrogens is 601 g/mol. The molecule has 42 heavy (non-hydrogen) atoms. The second kappa shape index (κ2) is 12.6. The van der Waals surface area contributed by atoms with Crippen molar-refractivity contribution in [3.63, 3.8) is 0 Å². The van der Waals surface area contributed by atoms with Gasteiger partial charge in [0, 0.05) is 0 Å². The van der Waals surface area contributed by atoms with Crippen LogP contribution in [0.2, 0.25) is 4.34 Å². The number of alkyl halides is 3. The molecule has 0 radical (unpaired) electrons. The largest absolute Gasteiger partial charge is 0.490 e. The summed E-state index contributed by atoms with van der Waals surface area (Å²) in [5.41, 5.74) is 7.31. The van der Waals surface area contributed by atoms with Gasteiger partial charge in [0.25, 0.3) is 17.7 Å². The number of benzene rings is 2. The number of nitrogens with one attached hydrogen (secondary N) is 1. The van der Waals surface area contributed by atoms with Crippen LogP contribution in [0.1, 0.15) is 48.8 Å². The molecule has 1 aromatic heterocycles. The summed E-state index contributed by atoms with van der Waals surface area (Å²) in [6, 6.07) is 15.5. The van der Waals surface area contributed by atoms with Crippen LogP contribution in [0.3, 0.4) is 0 Å². The predicted octanol–water partition coefficient (Wildman–Crippen LogP) is 4.98. The van der Waals surface area contributed by atoms with Crippen LogP contribution in [0, 0.1) is 0 Å². The van der Waals surface area contributed by atoms with Gasteiger partial charge in [-0.15, -0.1) is 11.3 Å². The monoisotopic (exact) mass is 622 g/mol. The highest BCUT2D eigenvalue weighted by Gasteiger charge is 2.39. The summed E-state index contributed by atoms with van der Waals surface area (Å²) in [4.78, 5) is 53.7. The molecule has 2 aromatic carbocycles. The second-order valence-corrected chi connectivity index (χ2v) is 10.8. The number of nitrogens with zero attached hydrogens (tertiary/aromatic N) is 2. The van der Waals surface area contributed by atoms with Gasteiger partial charge in [-0.05, 0) is 54.8 Å². The molecule has 220 valence electrons. The molecule has 1 aliphatic heterocycles. The summed E-state index contributed by atoms with van der Waals surface area (Å²) in [5, 5.41) is 9.86. The Hall–Kier alpha value is -4.43. The Labute approximate surface area is 245 Å². The van der Waals surface area contributed by atoms with E-state index in [1.807, 2.05) is 0 Å². The van der Waals surface area contributed by atoms with E-state index in [-0.39, 0.29) is 30.0 Å². The number of carbonyl (C=O) groups is 4. The fraction of sp³-hybridized carbons (Fsp3) is 0.222. The molecule has 15 heteroatoms. The third kappa shape index (κ3) is 7.64. The van der Waals surface area contributed by atoms with Gasteiger partial charge in [-0.25, -0.2) is 4.79 Å². The lowest BCUT2D eigenvalue weighted by molar-refractivity contribution is -0.192. The minimum atomic E-state index is -5.08. The van der Waals surface area contributed by atoms with Crippen LogP contribution in [0.25, 0.3) is 0 Å². The molecule has 3 aromatic rings. The minimum Gasteiger partial charge on any atom is -0.486 e. The SMILES string of the molecule is NC(COc1cccc(CN2C(=O)c3cccc(NC(=O)c4ccc(Cl)s4)c3C2=O)c1)=NC1CC1.O=C(O)C(F)(F)F. The number of rotatable bonds is 8. The topological polar surface area (TPSA) is 151 Å². The van der Waals surface area contributed by atoms with E-state index in [9.17, 15) is 27.6 Å². The summed E-state index contributed by atoms with van der Waals surface area (Å²) in [6.07, 6.45) is -2.96. The number of aliphatic imine (C=N–C) groups is 1. The number of aliphatic carboxylic acids is 1. The lowest BCUT2D eigenvalue weighted by Crippen LogP contribution is -2.29. The quantitative estimate of drug-likeness (QED) is 0.182. The van der Waals surface area contributed by atoms with Crippen molar-refractivity contribution in [2.24, 2.45) is 10.7 Å².